The van der Waals surface area contributed by atoms with Crippen molar-refractivity contribution < 1.29 is 0 Å². The van der Waals surface area contributed by atoms with Crippen LogP contribution in [0.15, 0.2) is 58.6 Å². The molecule has 1 heterocycles. The summed E-state index contributed by atoms with van der Waals surface area (Å²) in [5.74, 6) is 0.748. The minimum atomic E-state index is 0.423. The van der Waals surface area contributed by atoms with E-state index >= 15 is 0 Å². The van der Waals surface area contributed by atoms with E-state index in [1.807, 2.05) is 24.4 Å². The van der Waals surface area contributed by atoms with Crippen LogP contribution >= 0.6 is 11.8 Å². The minimum Gasteiger partial charge on any atom is -0.384 e. The summed E-state index contributed by atoms with van der Waals surface area (Å²) in [6, 6.07) is 15.0. The predicted molar refractivity (Wildman–Crippen MR) is 93.2 cm³/mol. The molecule has 2 aromatic rings. The zero-order valence-electron chi connectivity index (χ0n) is 12.7. The molecule has 1 aliphatic carbocycles. The van der Waals surface area contributed by atoms with Gasteiger partial charge in [-0.1, -0.05) is 30.0 Å². The van der Waals surface area contributed by atoms with Crippen LogP contribution in [-0.2, 0) is 0 Å². The molecule has 3 rings (SSSR count). The molecule has 0 radical (unpaired) electrons. The normalized spacial score (nSPS) is 21.5. The first-order chi connectivity index (χ1) is 10.8. The van der Waals surface area contributed by atoms with Crippen LogP contribution in [0.25, 0.3) is 0 Å². The first-order valence-corrected chi connectivity index (χ1v) is 8.79. The van der Waals surface area contributed by atoms with Crippen LogP contribution < -0.4 is 11.1 Å². The van der Waals surface area contributed by atoms with Gasteiger partial charge < -0.3 is 11.1 Å². The summed E-state index contributed by atoms with van der Waals surface area (Å²) in [4.78, 5) is 5.75. The van der Waals surface area contributed by atoms with E-state index in [9.17, 15) is 0 Å². The van der Waals surface area contributed by atoms with Crippen molar-refractivity contribution in [1.82, 2.24) is 4.98 Å². The van der Waals surface area contributed by atoms with Crippen LogP contribution in [0.3, 0.4) is 0 Å². The largest absolute Gasteiger partial charge is 0.384 e. The summed E-state index contributed by atoms with van der Waals surface area (Å²) in [5.41, 5.74) is 7.06. The third-order valence-electron chi connectivity index (χ3n) is 4.19. The van der Waals surface area contributed by atoms with E-state index in [0.717, 1.165) is 36.0 Å². The number of anilines is 1. The van der Waals surface area contributed by atoms with Crippen LogP contribution in [0.5, 0.6) is 0 Å². The monoisotopic (exact) mass is 313 g/mol. The number of nitrogens with one attached hydrogen (secondary N) is 1. The zero-order chi connectivity index (χ0) is 15.2. The van der Waals surface area contributed by atoms with Gasteiger partial charge >= 0.3 is 0 Å². The second-order valence-electron chi connectivity index (χ2n) is 5.96. The fourth-order valence-electron chi connectivity index (χ4n) is 2.81. The number of hydrogen-bond donors (Lipinski definition) is 2. The lowest BCUT2D eigenvalue weighted by Gasteiger charge is -2.26. The maximum Gasteiger partial charge on any atom is 0.101 e. The molecule has 0 aliphatic heterocycles. The van der Waals surface area contributed by atoms with Crippen molar-refractivity contribution in [3.63, 3.8) is 0 Å². The highest BCUT2D eigenvalue weighted by atomic mass is 32.2. The maximum absolute atomic E-state index is 5.95. The summed E-state index contributed by atoms with van der Waals surface area (Å²) in [7, 11) is 0. The van der Waals surface area contributed by atoms with E-state index in [1.165, 1.54) is 17.7 Å². The third-order valence-corrected chi connectivity index (χ3v) is 5.15. The SMILES string of the molecule is NC1CCC(CNc2ccc(Sc3ccccc3)nc2)CC1. The van der Waals surface area contributed by atoms with Crippen molar-refractivity contribution in [2.75, 3.05) is 11.9 Å². The lowest BCUT2D eigenvalue weighted by molar-refractivity contribution is 0.339. The molecule has 22 heavy (non-hydrogen) atoms. The molecule has 1 aliphatic rings. The van der Waals surface area contributed by atoms with Crippen LogP contribution in [0.1, 0.15) is 25.7 Å². The molecule has 4 heteroatoms. The van der Waals surface area contributed by atoms with Crippen molar-refractivity contribution in [3.05, 3.63) is 48.7 Å². The summed E-state index contributed by atoms with van der Waals surface area (Å²) in [6.07, 6.45) is 6.74. The quantitative estimate of drug-likeness (QED) is 0.870. The number of nitrogens with zero attached hydrogens (tertiary/aromatic N) is 1. The van der Waals surface area contributed by atoms with Gasteiger partial charge in [-0.15, -0.1) is 0 Å². The van der Waals surface area contributed by atoms with Gasteiger partial charge in [-0.05, 0) is 55.9 Å². The van der Waals surface area contributed by atoms with Crippen LogP contribution in [-0.4, -0.2) is 17.6 Å². The fourth-order valence-corrected chi connectivity index (χ4v) is 3.59. The van der Waals surface area contributed by atoms with Crippen molar-refractivity contribution in [2.45, 2.75) is 41.6 Å². The van der Waals surface area contributed by atoms with E-state index in [-0.39, 0.29) is 0 Å². The molecular weight excluding hydrogens is 290 g/mol. The van der Waals surface area contributed by atoms with Gasteiger partial charge in [0.05, 0.1) is 11.9 Å². The summed E-state index contributed by atoms with van der Waals surface area (Å²) in [5, 5.41) is 4.54. The molecule has 0 saturated heterocycles. The Hall–Kier alpha value is -1.52. The van der Waals surface area contributed by atoms with Crippen molar-refractivity contribution in [3.8, 4) is 0 Å². The second-order valence-corrected chi connectivity index (χ2v) is 7.06. The number of nitrogens with two attached hydrogens (primary N) is 1. The van der Waals surface area contributed by atoms with E-state index < -0.39 is 0 Å². The van der Waals surface area contributed by atoms with E-state index in [0.29, 0.717) is 6.04 Å². The van der Waals surface area contributed by atoms with Gasteiger partial charge in [0.1, 0.15) is 5.03 Å². The molecule has 0 spiro atoms. The van der Waals surface area contributed by atoms with Gasteiger partial charge in [-0.2, -0.15) is 0 Å². The highest BCUT2D eigenvalue weighted by Gasteiger charge is 2.18. The van der Waals surface area contributed by atoms with Crippen LogP contribution in [0.2, 0.25) is 0 Å². The molecule has 116 valence electrons. The number of pyridine rings is 1. The van der Waals surface area contributed by atoms with Gasteiger partial charge in [0.15, 0.2) is 0 Å². The van der Waals surface area contributed by atoms with Crippen molar-refractivity contribution >= 4 is 17.4 Å². The highest BCUT2D eigenvalue weighted by Crippen LogP contribution is 2.27. The molecule has 3 nitrogen and oxygen atoms in total. The Bertz CT molecular complexity index is 563. The summed E-state index contributed by atoms with van der Waals surface area (Å²) in [6.45, 7) is 1.03. The van der Waals surface area contributed by atoms with Gasteiger partial charge in [0.2, 0.25) is 0 Å². The van der Waals surface area contributed by atoms with Gasteiger partial charge in [-0.3, -0.25) is 0 Å². The molecule has 1 saturated carbocycles. The average Bonchev–Trinajstić information content (AvgIpc) is 2.57. The number of rotatable bonds is 5. The Morgan fingerprint density at radius 3 is 2.50 bits per heavy atom. The number of hydrogen-bond acceptors (Lipinski definition) is 4. The molecule has 1 fully saturated rings. The zero-order valence-corrected chi connectivity index (χ0v) is 13.6. The third kappa shape index (κ3) is 4.49. The molecular formula is C18H23N3S. The Labute approximate surface area is 136 Å². The first kappa shape index (κ1) is 15.4. The Morgan fingerprint density at radius 1 is 1.05 bits per heavy atom. The average molecular weight is 313 g/mol. The van der Waals surface area contributed by atoms with Gasteiger partial charge in [0, 0.05) is 17.5 Å². The second kappa shape index (κ2) is 7.65. The smallest absolute Gasteiger partial charge is 0.101 e. The fraction of sp³-hybridized carbons (Fsp3) is 0.389. The number of benzene rings is 1. The molecule has 0 unspecified atom stereocenters. The van der Waals surface area contributed by atoms with Crippen molar-refractivity contribution in [1.29, 1.82) is 0 Å². The topological polar surface area (TPSA) is 50.9 Å². The molecule has 3 N–H and O–H groups in total. The van der Waals surface area contributed by atoms with E-state index in [1.54, 1.807) is 11.8 Å². The number of aromatic nitrogens is 1. The van der Waals surface area contributed by atoms with E-state index in [2.05, 4.69) is 34.6 Å². The molecule has 1 aromatic carbocycles. The lowest BCUT2D eigenvalue weighted by Crippen LogP contribution is -2.29. The Kier molecular flexibility index (Phi) is 5.35. The maximum atomic E-state index is 5.95. The van der Waals surface area contributed by atoms with E-state index in [4.69, 9.17) is 5.73 Å². The molecule has 1 aromatic heterocycles. The van der Waals surface area contributed by atoms with Crippen molar-refractivity contribution in [2.24, 2.45) is 11.7 Å². The van der Waals surface area contributed by atoms with Gasteiger partial charge in [0.25, 0.3) is 0 Å². The Morgan fingerprint density at radius 2 is 1.82 bits per heavy atom. The minimum absolute atomic E-state index is 0.423. The summed E-state index contributed by atoms with van der Waals surface area (Å²) < 4.78 is 0. The first-order valence-electron chi connectivity index (χ1n) is 7.98. The lowest BCUT2D eigenvalue weighted by atomic mass is 9.86. The van der Waals surface area contributed by atoms with Gasteiger partial charge in [-0.25, -0.2) is 4.98 Å². The summed E-state index contributed by atoms with van der Waals surface area (Å²) >= 11 is 1.69. The molecule has 0 bridgehead atoms. The standard InChI is InChI=1S/C18H23N3S/c19-15-8-6-14(7-9-15)12-20-16-10-11-18(21-13-16)22-17-4-2-1-3-5-17/h1-5,10-11,13-15,20H,6-9,12,19H2. The molecule has 0 atom stereocenters. The predicted octanol–water partition coefficient (Wildman–Crippen LogP) is 4.16. The Balaban J connectivity index is 1.49. The highest BCUT2D eigenvalue weighted by molar-refractivity contribution is 7.99. The molecule has 0 amide bonds. The van der Waals surface area contributed by atoms with Crippen LogP contribution in [0, 0.1) is 5.92 Å². The van der Waals surface area contributed by atoms with Crippen LogP contribution in [0.4, 0.5) is 5.69 Å².